The molecule has 0 aromatic carbocycles. The number of aryl methyl sites for hydroxylation is 1. The van der Waals surface area contributed by atoms with Crippen LogP contribution in [0.5, 0.6) is 5.88 Å². The van der Waals surface area contributed by atoms with Gasteiger partial charge in [0.05, 0.1) is 11.3 Å². The molecule has 0 saturated heterocycles. The number of hydrogen-bond donors (Lipinski definition) is 0. The molecule has 1 aliphatic heterocycles. The molecule has 1 unspecified atom stereocenters. The molecule has 7 nitrogen and oxygen atoms in total. The fourth-order valence-electron chi connectivity index (χ4n) is 2.17. The smallest absolute Gasteiger partial charge is 0.417 e. The predicted octanol–water partition coefficient (Wildman–Crippen LogP) is 2.84. The van der Waals surface area contributed by atoms with Crippen molar-refractivity contribution in [3.63, 3.8) is 0 Å². The summed E-state index contributed by atoms with van der Waals surface area (Å²) in [6.45, 7) is -0.452. The molecule has 0 bridgehead atoms. The van der Waals surface area contributed by atoms with Crippen LogP contribution in [0.15, 0.2) is 5.16 Å². The highest BCUT2D eigenvalue weighted by Crippen LogP contribution is 2.38. The van der Waals surface area contributed by atoms with Crippen LogP contribution in [0.1, 0.15) is 25.1 Å². The van der Waals surface area contributed by atoms with Gasteiger partial charge in [-0.1, -0.05) is 21.1 Å². The predicted molar refractivity (Wildman–Crippen MR) is 82.8 cm³/mol. The number of hydrogen-bond acceptors (Lipinski definition) is 6. The standard InChI is InChI=1S/C12H13BrF5N3O4S/c1-11(2)6(13)8(20-25-11)26(22,23)4-5-7(12(16,17)18)19-21(3)9(5)24-10(14)15/h6,10H,4H2,1-3H3. The summed E-state index contributed by atoms with van der Waals surface area (Å²) in [6.07, 6.45) is -5.08. The van der Waals surface area contributed by atoms with Crippen LogP contribution in [0.3, 0.4) is 0 Å². The number of alkyl halides is 6. The first-order valence-electron chi connectivity index (χ1n) is 6.87. The number of rotatable bonds is 4. The van der Waals surface area contributed by atoms with Crippen LogP contribution < -0.4 is 4.74 Å². The molecule has 0 aliphatic carbocycles. The molecular weight excluding hydrogens is 457 g/mol. The summed E-state index contributed by atoms with van der Waals surface area (Å²) in [4.78, 5) is 4.01. The second-order valence-electron chi connectivity index (χ2n) is 5.88. The summed E-state index contributed by atoms with van der Waals surface area (Å²) in [5, 5.41) is 5.94. The lowest BCUT2D eigenvalue weighted by atomic mass is 10.1. The van der Waals surface area contributed by atoms with Crippen molar-refractivity contribution < 1.29 is 39.9 Å². The van der Waals surface area contributed by atoms with Gasteiger partial charge in [-0.3, -0.25) is 0 Å². The summed E-state index contributed by atoms with van der Waals surface area (Å²) in [5.41, 5.74) is -3.73. The Balaban J connectivity index is 2.51. The highest BCUT2D eigenvalue weighted by atomic mass is 79.9. The van der Waals surface area contributed by atoms with Gasteiger partial charge in [0.25, 0.3) is 0 Å². The number of sulfone groups is 1. The summed E-state index contributed by atoms with van der Waals surface area (Å²) < 4.78 is 94.1. The van der Waals surface area contributed by atoms with E-state index in [1.54, 1.807) is 0 Å². The molecule has 1 aromatic rings. The molecule has 1 atom stereocenters. The lowest BCUT2D eigenvalue weighted by Gasteiger charge is -2.19. The van der Waals surface area contributed by atoms with Crippen molar-refractivity contribution in [1.82, 2.24) is 9.78 Å². The van der Waals surface area contributed by atoms with Crippen LogP contribution in [-0.4, -0.2) is 40.3 Å². The maximum Gasteiger partial charge on any atom is 0.435 e. The minimum absolute atomic E-state index is 0.405. The third kappa shape index (κ3) is 3.94. The van der Waals surface area contributed by atoms with Gasteiger partial charge in [0, 0.05) is 7.05 Å². The Morgan fingerprint density at radius 1 is 1.38 bits per heavy atom. The van der Waals surface area contributed by atoms with Crippen molar-refractivity contribution in [2.45, 2.75) is 42.8 Å². The maximum atomic E-state index is 13.2. The van der Waals surface area contributed by atoms with Crippen molar-refractivity contribution in [3.8, 4) is 5.88 Å². The zero-order valence-electron chi connectivity index (χ0n) is 13.5. The molecule has 0 spiro atoms. The van der Waals surface area contributed by atoms with E-state index >= 15 is 0 Å². The number of aromatic nitrogens is 2. The summed E-state index contributed by atoms with van der Waals surface area (Å²) in [5.74, 6) is -2.29. The lowest BCUT2D eigenvalue weighted by molar-refractivity contribution is -0.142. The van der Waals surface area contributed by atoms with Gasteiger partial charge in [-0.2, -0.15) is 27.1 Å². The first-order valence-corrected chi connectivity index (χ1v) is 9.44. The highest BCUT2D eigenvalue weighted by molar-refractivity contribution is 9.10. The average molecular weight is 470 g/mol. The molecule has 0 radical (unpaired) electrons. The average Bonchev–Trinajstić information content (AvgIpc) is 2.89. The maximum absolute atomic E-state index is 13.2. The molecule has 2 heterocycles. The van der Waals surface area contributed by atoms with Gasteiger partial charge < -0.3 is 9.57 Å². The van der Waals surface area contributed by atoms with Crippen LogP contribution in [0.2, 0.25) is 0 Å². The molecule has 2 rings (SSSR count). The molecule has 0 fully saturated rings. The van der Waals surface area contributed by atoms with Gasteiger partial charge in [0.1, 0.15) is 4.83 Å². The Hall–Kier alpha value is -1.44. The Labute approximate surface area is 153 Å². The summed E-state index contributed by atoms with van der Waals surface area (Å²) in [6, 6.07) is 0. The molecule has 26 heavy (non-hydrogen) atoms. The molecule has 0 N–H and O–H groups in total. The normalized spacial score (nSPS) is 20.2. The first kappa shape index (κ1) is 20.9. The van der Waals surface area contributed by atoms with E-state index in [1.807, 2.05) is 0 Å². The molecular formula is C12H13BrF5N3O4S. The van der Waals surface area contributed by atoms with Crippen molar-refractivity contribution in [2.24, 2.45) is 12.2 Å². The largest absolute Gasteiger partial charge is 0.435 e. The van der Waals surface area contributed by atoms with E-state index in [2.05, 4.69) is 30.9 Å². The molecule has 1 aromatic heterocycles. The van der Waals surface area contributed by atoms with E-state index in [-0.39, 0.29) is 0 Å². The number of halogens is 6. The van der Waals surface area contributed by atoms with Crippen molar-refractivity contribution in [3.05, 3.63) is 11.3 Å². The first-order chi connectivity index (χ1) is 11.7. The monoisotopic (exact) mass is 469 g/mol. The van der Waals surface area contributed by atoms with Crippen LogP contribution in [-0.2, 0) is 33.7 Å². The second-order valence-corrected chi connectivity index (χ2v) is 8.73. The molecule has 14 heteroatoms. The lowest BCUT2D eigenvalue weighted by Crippen LogP contribution is -2.36. The summed E-state index contributed by atoms with van der Waals surface area (Å²) >= 11 is 3.07. The van der Waals surface area contributed by atoms with Gasteiger partial charge in [-0.05, 0) is 13.8 Å². The Kier molecular flexibility index (Phi) is 5.31. The second kappa shape index (κ2) is 6.62. The van der Waals surface area contributed by atoms with Gasteiger partial charge in [0.2, 0.25) is 15.7 Å². The zero-order valence-corrected chi connectivity index (χ0v) is 15.9. The number of oxime groups is 1. The van der Waals surface area contributed by atoms with E-state index in [9.17, 15) is 30.4 Å². The molecule has 148 valence electrons. The van der Waals surface area contributed by atoms with Gasteiger partial charge in [-0.25, -0.2) is 13.1 Å². The minimum atomic E-state index is -5.08. The van der Waals surface area contributed by atoms with E-state index in [0.29, 0.717) is 4.68 Å². The Morgan fingerprint density at radius 2 is 1.96 bits per heavy atom. The topological polar surface area (TPSA) is 82.8 Å². The number of nitrogens with zero attached hydrogens (tertiary/aromatic N) is 3. The third-order valence-corrected chi connectivity index (χ3v) is 6.86. The fraction of sp³-hybridized carbons (Fsp3) is 0.667. The van der Waals surface area contributed by atoms with Crippen LogP contribution in [0, 0.1) is 0 Å². The van der Waals surface area contributed by atoms with Crippen molar-refractivity contribution in [2.75, 3.05) is 0 Å². The Morgan fingerprint density at radius 3 is 2.38 bits per heavy atom. The third-order valence-electron chi connectivity index (χ3n) is 3.41. The van der Waals surface area contributed by atoms with Crippen LogP contribution >= 0.6 is 15.9 Å². The molecule has 1 aliphatic rings. The van der Waals surface area contributed by atoms with Gasteiger partial charge in [0.15, 0.2) is 16.3 Å². The Bertz CT molecular complexity index is 835. The van der Waals surface area contributed by atoms with Gasteiger partial charge >= 0.3 is 12.8 Å². The minimum Gasteiger partial charge on any atom is -0.417 e. The van der Waals surface area contributed by atoms with Crippen LogP contribution in [0.25, 0.3) is 0 Å². The summed E-state index contributed by atoms with van der Waals surface area (Å²) in [7, 11) is -3.53. The van der Waals surface area contributed by atoms with Crippen molar-refractivity contribution >= 4 is 30.8 Å². The highest BCUT2D eigenvalue weighted by Gasteiger charge is 2.47. The van der Waals surface area contributed by atoms with Crippen LogP contribution in [0.4, 0.5) is 22.0 Å². The number of ether oxygens (including phenoxy) is 1. The van der Waals surface area contributed by atoms with Gasteiger partial charge in [-0.15, -0.1) is 0 Å². The molecule has 0 saturated carbocycles. The van der Waals surface area contributed by atoms with E-state index in [1.165, 1.54) is 13.8 Å². The van der Waals surface area contributed by atoms with Crippen molar-refractivity contribution in [1.29, 1.82) is 0 Å². The zero-order chi connectivity index (χ0) is 20.1. The SMILES string of the molecule is Cn1nc(C(F)(F)F)c(CS(=O)(=O)C2=NOC(C)(C)C2Br)c1OC(F)F. The molecule has 0 amide bonds. The van der Waals surface area contributed by atoms with E-state index in [0.717, 1.165) is 7.05 Å². The van der Waals surface area contributed by atoms with E-state index < -0.39 is 61.0 Å². The van der Waals surface area contributed by atoms with E-state index in [4.69, 9.17) is 4.84 Å². The quantitative estimate of drug-likeness (QED) is 0.500. The fourth-order valence-corrected chi connectivity index (χ4v) is 4.73.